The van der Waals surface area contributed by atoms with Gasteiger partial charge >= 0.3 is 0 Å². The first-order valence-electron chi connectivity index (χ1n) is 7.22. The number of hydrogen-bond acceptors (Lipinski definition) is 1. The van der Waals surface area contributed by atoms with Crippen LogP contribution in [0.3, 0.4) is 0 Å². The van der Waals surface area contributed by atoms with Gasteiger partial charge in [0.1, 0.15) is 0 Å². The topological polar surface area (TPSA) is 0 Å². The van der Waals surface area contributed by atoms with Crippen LogP contribution in [0.2, 0.25) is 0 Å². The van der Waals surface area contributed by atoms with Crippen LogP contribution in [0, 0.1) is 5.92 Å². The van der Waals surface area contributed by atoms with Gasteiger partial charge in [-0.15, -0.1) is 0 Å². The van der Waals surface area contributed by atoms with Crippen molar-refractivity contribution in [3.8, 4) is 0 Å². The van der Waals surface area contributed by atoms with Gasteiger partial charge in [-0.1, -0.05) is 65.7 Å². The Morgan fingerprint density at radius 2 is 1.25 bits per heavy atom. The van der Waals surface area contributed by atoms with Gasteiger partial charge in [0.15, 0.2) is 0 Å². The molecule has 96 valence electrons. The van der Waals surface area contributed by atoms with Gasteiger partial charge in [-0.25, -0.2) is 0 Å². The summed E-state index contributed by atoms with van der Waals surface area (Å²) in [5.41, 5.74) is 0. The molecule has 0 aromatic carbocycles. The largest absolute Gasteiger partial charge is 0.156 e. The Hall–Kier alpha value is 0.350. The maximum absolute atomic E-state index is 2.35. The maximum Gasteiger partial charge on any atom is 0.00751 e. The zero-order valence-electron chi connectivity index (χ0n) is 11.6. The Morgan fingerprint density at radius 1 is 0.812 bits per heavy atom. The van der Waals surface area contributed by atoms with E-state index in [4.69, 9.17) is 0 Å². The van der Waals surface area contributed by atoms with Gasteiger partial charge in [-0.05, 0) is 24.5 Å². The van der Waals surface area contributed by atoms with E-state index in [2.05, 4.69) is 32.5 Å². The summed E-state index contributed by atoms with van der Waals surface area (Å²) in [6.45, 7) is 7.04. The minimum Gasteiger partial charge on any atom is -0.156 e. The average molecular weight is 242 g/mol. The molecular weight excluding hydrogens is 212 g/mol. The van der Waals surface area contributed by atoms with Crippen LogP contribution in [0.5, 0.6) is 0 Å². The van der Waals surface area contributed by atoms with Crippen molar-refractivity contribution in [1.82, 2.24) is 0 Å². The fourth-order valence-corrected chi connectivity index (χ4v) is 3.50. The van der Waals surface area contributed by atoms with E-state index in [0.29, 0.717) is 4.75 Å². The normalized spacial score (nSPS) is 21.9. The van der Waals surface area contributed by atoms with E-state index in [1.165, 1.54) is 63.5 Å². The van der Waals surface area contributed by atoms with Crippen molar-refractivity contribution in [3.05, 3.63) is 0 Å². The lowest BCUT2D eigenvalue weighted by Crippen LogP contribution is -2.13. The van der Waals surface area contributed by atoms with Crippen LogP contribution in [0.4, 0.5) is 0 Å². The monoisotopic (exact) mass is 242 g/mol. The second kappa shape index (κ2) is 7.63. The van der Waals surface area contributed by atoms with Crippen LogP contribution in [0.25, 0.3) is 0 Å². The van der Waals surface area contributed by atoms with Crippen LogP contribution in [0.15, 0.2) is 0 Å². The highest BCUT2D eigenvalue weighted by Gasteiger charge is 2.15. The first kappa shape index (κ1) is 14.4. The molecule has 0 amide bonds. The molecule has 0 unspecified atom stereocenters. The summed E-state index contributed by atoms with van der Waals surface area (Å²) in [5.74, 6) is 2.39. The molecule has 16 heavy (non-hydrogen) atoms. The molecule has 0 saturated heterocycles. The standard InChI is InChI=1S/C15H30S/c1-15(2,3)16-13-14-11-9-7-5-4-6-8-10-12-14/h14H,4-13H2,1-3H3. The molecule has 0 radical (unpaired) electrons. The quantitative estimate of drug-likeness (QED) is 0.602. The van der Waals surface area contributed by atoms with Gasteiger partial charge in [0.05, 0.1) is 0 Å². The van der Waals surface area contributed by atoms with Crippen LogP contribution < -0.4 is 0 Å². The van der Waals surface area contributed by atoms with Crippen LogP contribution in [-0.2, 0) is 0 Å². The molecule has 0 spiro atoms. The molecular formula is C15H30S. The zero-order valence-corrected chi connectivity index (χ0v) is 12.4. The van der Waals surface area contributed by atoms with Crippen LogP contribution >= 0.6 is 11.8 Å². The van der Waals surface area contributed by atoms with Crippen molar-refractivity contribution in [2.24, 2.45) is 5.92 Å². The number of hydrogen-bond donors (Lipinski definition) is 0. The molecule has 0 nitrogen and oxygen atoms in total. The van der Waals surface area contributed by atoms with Gasteiger partial charge in [-0.2, -0.15) is 11.8 Å². The Labute approximate surface area is 107 Å². The van der Waals surface area contributed by atoms with E-state index in [-0.39, 0.29) is 0 Å². The highest BCUT2D eigenvalue weighted by Crippen LogP contribution is 2.30. The summed E-state index contributed by atoms with van der Waals surface area (Å²) in [4.78, 5) is 0. The molecule has 0 N–H and O–H groups in total. The smallest absolute Gasteiger partial charge is 0.00751 e. The predicted molar refractivity (Wildman–Crippen MR) is 77.3 cm³/mol. The fourth-order valence-electron chi connectivity index (χ4n) is 2.43. The van der Waals surface area contributed by atoms with E-state index in [9.17, 15) is 0 Å². The van der Waals surface area contributed by atoms with Crippen molar-refractivity contribution in [2.45, 2.75) is 83.3 Å². The molecule has 1 heteroatoms. The minimum atomic E-state index is 0.454. The van der Waals surface area contributed by atoms with Gasteiger partial charge in [-0.3, -0.25) is 0 Å². The number of rotatable bonds is 2. The summed E-state index contributed by atoms with van der Waals surface area (Å²) >= 11 is 2.17. The number of thioether (sulfide) groups is 1. The lowest BCUT2D eigenvalue weighted by atomic mass is 9.94. The first-order valence-corrected chi connectivity index (χ1v) is 8.20. The third-order valence-corrected chi connectivity index (χ3v) is 4.98. The highest BCUT2D eigenvalue weighted by atomic mass is 32.2. The van der Waals surface area contributed by atoms with E-state index in [1.807, 2.05) is 0 Å². The molecule has 0 atom stereocenters. The lowest BCUT2D eigenvalue weighted by molar-refractivity contribution is 0.418. The Kier molecular flexibility index (Phi) is 6.87. The second-order valence-electron chi connectivity index (χ2n) is 6.34. The Balaban J connectivity index is 2.25. The molecule has 0 heterocycles. The SMILES string of the molecule is CC(C)(C)SCC1CCCCCCCCC1. The lowest BCUT2D eigenvalue weighted by Gasteiger charge is -2.23. The van der Waals surface area contributed by atoms with Crippen molar-refractivity contribution in [3.63, 3.8) is 0 Å². The van der Waals surface area contributed by atoms with Gasteiger partial charge in [0.2, 0.25) is 0 Å². The molecule has 1 rings (SSSR count). The second-order valence-corrected chi connectivity index (χ2v) is 8.19. The van der Waals surface area contributed by atoms with Crippen molar-refractivity contribution in [1.29, 1.82) is 0 Å². The fraction of sp³-hybridized carbons (Fsp3) is 1.00. The molecule has 1 aliphatic rings. The molecule has 0 aromatic rings. The van der Waals surface area contributed by atoms with Crippen molar-refractivity contribution in [2.75, 3.05) is 5.75 Å². The van der Waals surface area contributed by atoms with Crippen molar-refractivity contribution < 1.29 is 0 Å². The molecule has 1 fully saturated rings. The Morgan fingerprint density at radius 3 is 1.69 bits per heavy atom. The predicted octanol–water partition coefficient (Wildman–Crippen LogP) is 5.66. The summed E-state index contributed by atoms with van der Waals surface area (Å²) in [5, 5.41) is 0. The maximum atomic E-state index is 2.35. The van der Waals surface area contributed by atoms with Gasteiger partial charge in [0, 0.05) is 4.75 Å². The molecule has 0 bridgehead atoms. The van der Waals surface area contributed by atoms with E-state index < -0.39 is 0 Å². The van der Waals surface area contributed by atoms with E-state index in [1.54, 1.807) is 0 Å². The van der Waals surface area contributed by atoms with Gasteiger partial charge in [0.25, 0.3) is 0 Å². The summed E-state index contributed by atoms with van der Waals surface area (Å²) in [6.07, 6.45) is 13.4. The van der Waals surface area contributed by atoms with Crippen molar-refractivity contribution >= 4 is 11.8 Å². The molecule has 0 aromatic heterocycles. The zero-order chi connectivity index (χ0) is 11.9. The Bertz CT molecular complexity index is 159. The molecule has 1 saturated carbocycles. The minimum absolute atomic E-state index is 0.454. The first-order chi connectivity index (χ1) is 7.58. The summed E-state index contributed by atoms with van der Waals surface area (Å²) < 4.78 is 0.454. The molecule has 1 aliphatic carbocycles. The summed E-state index contributed by atoms with van der Waals surface area (Å²) in [6, 6.07) is 0. The van der Waals surface area contributed by atoms with Crippen LogP contribution in [-0.4, -0.2) is 10.5 Å². The average Bonchev–Trinajstić information content (AvgIpc) is 2.22. The van der Waals surface area contributed by atoms with E-state index >= 15 is 0 Å². The third-order valence-electron chi connectivity index (χ3n) is 3.48. The summed E-state index contributed by atoms with van der Waals surface area (Å²) in [7, 11) is 0. The van der Waals surface area contributed by atoms with E-state index in [0.717, 1.165) is 5.92 Å². The van der Waals surface area contributed by atoms with Gasteiger partial charge < -0.3 is 0 Å². The third kappa shape index (κ3) is 7.60. The highest BCUT2D eigenvalue weighted by molar-refractivity contribution is 8.00. The molecule has 0 aliphatic heterocycles. The van der Waals surface area contributed by atoms with Crippen LogP contribution in [0.1, 0.15) is 78.6 Å².